The molecule has 0 saturated carbocycles. The van der Waals surface area contributed by atoms with E-state index in [-0.39, 0.29) is 0 Å². The van der Waals surface area contributed by atoms with Crippen LogP contribution in [-0.4, -0.2) is 38.4 Å². The van der Waals surface area contributed by atoms with E-state index in [0.717, 1.165) is 27.8 Å². The van der Waals surface area contributed by atoms with Gasteiger partial charge in [-0.15, -0.1) is 0 Å². The van der Waals surface area contributed by atoms with E-state index in [0.29, 0.717) is 24.3 Å². The summed E-state index contributed by atoms with van der Waals surface area (Å²) in [6.07, 6.45) is 1.18. The van der Waals surface area contributed by atoms with Crippen molar-refractivity contribution in [3.63, 3.8) is 0 Å². The number of carbonyl (C=O) groups excluding carboxylic acids is 1. The van der Waals surface area contributed by atoms with Crippen LogP contribution in [0.25, 0.3) is 0 Å². The van der Waals surface area contributed by atoms with Gasteiger partial charge in [0.15, 0.2) is 0 Å². The van der Waals surface area contributed by atoms with Crippen molar-refractivity contribution in [2.45, 2.75) is 58.4 Å². The van der Waals surface area contributed by atoms with E-state index in [9.17, 15) is 13.2 Å². The Kier molecular flexibility index (Phi) is 4.87. The van der Waals surface area contributed by atoms with Crippen LogP contribution in [0.5, 0.6) is 0 Å². The summed E-state index contributed by atoms with van der Waals surface area (Å²) in [6, 6.07) is -0.717. The Balaban J connectivity index is 2.64. The molecule has 1 aromatic carbocycles. The second kappa shape index (κ2) is 6.24. The number of esters is 1. The molecule has 23 heavy (non-hydrogen) atoms. The Morgan fingerprint density at radius 3 is 1.96 bits per heavy atom. The van der Waals surface area contributed by atoms with Gasteiger partial charge >= 0.3 is 5.97 Å². The summed E-state index contributed by atoms with van der Waals surface area (Å²) >= 11 is 0. The number of methoxy groups -OCH3 is 1. The van der Waals surface area contributed by atoms with Gasteiger partial charge in [-0.25, -0.2) is 8.42 Å². The topological polar surface area (TPSA) is 63.7 Å². The molecular formula is C17H25NO4S. The number of rotatable bonds is 3. The fourth-order valence-electron chi connectivity index (χ4n) is 3.37. The lowest BCUT2D eigenvalue weighted by atomic mass is 9.95. The lowest BCUT2D eigenvalue weighted by Gasteiger charge is -2.26. The van der Waals surface area contributed by atoms with Crippen molar-refractivity contribution in [2.75, 3.05) is 13.7 Å². The monoisotopic (exact) mass is 339 g/mol. The molecule has 1 saturated heterocycles. The highest BCUT2D eigenvalue weighted by Gasteiger charge is 2.41. The van der Waals surface area contributed by atoms with E-state index >= 15 is 0 Å². The van der Waals surface area contributed by atoms with Crippen molar-refractivity contribution >= 4 is 16.0 Å². The zero-order valence-electron chi connectivity index (χ0n) is 14.7. The summed E-state index contributed by atoms with van der Waals surface area (Å²) in [5.74, 6) is -0.484. The SMILES string of the molecule is COC(=O)[C@@H]1CCCN1S(=O)(=O)c1c(C)c(C)c(C)c(C)c1C. The van der Waals surface area contributed by atoms with E-state index in [1.54, 1.807) is 0 Å². The Hall–Kier alpha value is -1.40. The fourth-order valence-corrected chi connectivity index (χ4v) is 5.58. The van der Waals surface area contributed by atoms with Crippen molar-refractivity contribution in [1.29, 1.82) is 0 Å². The number of hydrogen-bond donors (Lipinski definition) is 0. The molecule has 0 spiro atoms. The zero-order chi connectivity index (χ0) is 17.5. The largest absolute Gasteiger partial charge is 0.468 e. The smallest absolute Gasteiger partial charge is 0.324 e. The lowest BCUT2D eigenvalue weighted by Crippen LogP contribution is -2.41. The molecule has 1 aromatic rings. The highest BCUT2D eigenvalue weighted by molar-refractivity contribution is 7.89. The van der Waals surface area contributed by atoms with Crippen LogP contribution in [0.2, 0.25) is 0 Å². The molecule has 0 radical (unpaired) electrons. The van der Waals surface area contributed by atoms with Crippen LogP contribution < -0.4 is 0 Å². The van der Waals surface area contributed by atoms with Crippen molar-refractivity contribution in [3.8, 4) is 0 Å². The number of carbonyl (C=O) groups is 1. The van der Waals surface area contributed by atoms with E-state index < -0.39 is 22.0 Å². The van der Waals surface area contributed by atoms with E-state index in [1.807, 2.05) is 34.6 Å². The van der Waals surface area contributed by atoms with Gasteiger partial charge in [0.2, 0.25) is 10.0 Å². The maximum atomic E-state index is 13.2. The van der Waals surface area contributed by atoms with Gasteiger partial charge in [-0.05, 0) is 75.3 Å². The minimum absolute atomic E-state index is 0.342. The van der Waals surface area contributed by atoms with E-state index in [1.165, 1.54) is 11.4 Å². The van der Waals surface area contributed by atoms with Gasteiger partial charge in [-0.2, -0.15) is 4.31 Å². The molecule has 1 heterocycles. The Labute approximate surface area is 138 Å². The van der Waals surface area contributed by atoms with Gasteiger partial charge in [-0.1, -0.05) is 0 Å². The van der Waals surface area contributed by atoms with Crippen LogP contribution in [0.3, 0.4) is 0 Å². The van der Waals surface area contributed by atoms with Gasteiger partial charge in [-0.3, -0.25) is 4.79 Å². The predicted molar refractivity (Wildman–Crippen MR) is 89.1 cm³/mol. The highest BCUT2D eigenvalue weighted by Crippen LogP contribution is 2.34. The standard InChI is InChI=1S/C17H25NO4S/c1-10-11(2)13(4)16(14(5)12(10)3)23(20,21)18-9-7-8-15(18)17(19)22-6/h15H,7-9H2,1-6H3/t15-/m0/s1. The number of hydrogen-bond acceptors (Lipinski definition) is 4. The Morgan fingerprint density at radius 1 is 1.00 bits per heavy atom. The third-order valence-corrected chi connectivity index (χ3v) is 7.36. The van der Waals surface area contributed by atoms with Crippen LogP contribution in [-0.2, 0) is 19.6 Å². The minimum Gasteiger partial charge on any atom is -0.468 e. The first-order valence-electron chi connectivity index (χ1n) is 7.81. The van der Waals surface area contributed by atoms with Crippen molar-refractivity contribution in [1.82, 2.24) is 4.31 Å². The molecule has 6 heteroatoms. The molecule has 0 unspecified atom stereocenters. The van der Waals surface area contributed by atoms with Gasteiger partial charge < -0.3 is 4.74 Å². The van der Waals surface area contributed by atoms with Crippen LogP contribution in [0, 0.1) is 34.6 Å². The maximum absolute atomic E-state index is 13.2. The molecular weight excluding hydrogens is 314 g/mol. The number of ether oxygens (including phenoxy) is 1. The zero-order valence-corrected chi connectivity index (χ0v) is 15.5. The van der Waals surface area contributed by atoms with E-state index in [4.69, 9.17) is 4.74 Å². The summed E-state index contributed by atoms with van der Waals surface area (Å²) in [6.45, 7) is 9.92. The molecule has 0 bridgehead atoms. The molecule has 1 atom stereocenters. The fraction of sp³-hybridized carbons (Fsp3) is 0.588. The second-order valence-electron chi connectivity index (χ2n) is 6.25. The average Bonchev–Trinajstić information content (AvgIpc) is 3.00. The summed E-state index contributed by atoms with van der Waals surface area (Å²) in [4.78, 5) is 12.3. The predicted octanol–water partition coefficient (Wildman–Crippen LogP) is 2.55. The van der Waals surface area contributed by atoms with Crippen molar-refractivity contribution < 1.29 is 17.9 Å². The number of nitrogens with zero attached hydrogens (tertiary/aromatic N) is 1. The Bertz CT molecular complexity index is 723. The first-order chi connectivity index (χ1) is 10.6. The quantitative estimate of drug-likeness (QED) is 0.794. The van der Waals surface area contributed by atoms with Crippen LogP contribution in [0.15, 0.2) is 4.90 Å². The third kappa shape index (κ3) is 2.78. The number of benzene rings is 1. The summed E-state index contributed by atoms with van der Waals surface area (Å²) in [7, 11) is -2.44. The molecule has 1 fully saturated rings. The van der Waals surface area contributed by atoms with Crippen LogP contribution in [0.1, 0.15) is 40.7 Å². The number of sulfonamides is 1. The van der Waals surface area contributed by atoms with Crippen molar-refractivity contribution in [2.24, 2.45) is 0 Å². The summed E-state index contributed by atoms with van der Waals surface area (Å²) < 4.78 is 32.6. The first kappa shape index (κ1) is 17.9. The average molecular weight is 339 g/mol. The van der Waals surface area contributed by atoms with Gasteiger partial charge in [0.25, 0.3) is 0 Å². The highest BCUT2D eigenvalue weighted by atomic mass is 32.2. The van der Waals surface area contributed by atoms with Gasteiger partial charge in [0.05, 0.1) is 12.0 Å². The van der Waals surface area contributed by atoms with E-state index in [2.05, 4.69) is 0 Å². The third-order valence-electron chi connectivity index (χ3n) is 5.17. The summed E-state index contributed by atoms with van der Waals surface area (Å²) in [5, 5.41) is 0. The van der Waals surface area contributed by atoms with Gasteiger partial charge in [0.1, 0.15) is 6.04 Å². The minimum atomic E-state index is -3.73. The molecule has 0 aromatic heterocycles. The summed E-state index contributed by atoms with van der Waals surface area (Å²) in [5.41, 5.74) is 4.62. The van der Waals surface area contributed by atoms with Gasteiger partial charge in [0, 0.05) is 6.54 Å². The first-order valence-corrected chi connectivity index (χ1v) is 9.25. The van der Waals surface area contributed by atoms with Crippen LogP contribution in [0.4, 0.5) is 0 Å². The molecule has 1 aliphatic rings. The molecule has 1 aliphatic heterocycles. The maximum Gasteiger partial charge on any atom is 0.324 e. The lowest BCUT2D eigenvalue weighted by molar-refractivity contribution is -0.144. The molecule has 0 N–H and O–H groups in total. The molecule has 128 valence electrons. The molecule has 5 nitrogen and oxygen atoms in total. The Morgan fingerprint density at radius 2 is 1.48 bits per heavy atom. The van der Waals surface area contributed by atoms with Crippen molar-refractivity contribution in [3.05, 3.63) is 27.8 Å². The van der Waals surface area contributed by atoms with Crippen LogP contribution >= 0.6 is 0 Å². The molecule has 0 amide bonds. The molecule has 0 aliphatic carbocycles. The second-order valence-corrected chi connectivity index (χ2v) is 8.08. The molecule has 2 rings (SSSR count). The normalized spacial score (nSPS) is 19.1.